The van der Waals surface area contributed by atoms with E-state index in [1.165, 1.54) is 96.3 Å². The highest BCUT2D eigenvalue weighted by atomic mass is 31.2. The molecule has 0 aromatic rings. The Morgan fingerprint density at radius 2 is 1.19 bits per heavy atom. The number of ketones is 1. The average molecular weight is 857 g/mol. The molecule has 0 spiro atoms. The van der Waals surface area contributed by atoms with Crippen LogP contribution in [0.15, 0.2) is 24.3 Å². The monoisotopic (exact) mass is 857 g/mol. The van der Waals surface area contributed by atoms with Crippen molar-refractivity contribution in [3.05, 3.63) is 24.3 Å². The van der Waals surface area contributed by atoms with Gasteiger partial charge in [-0.1, -0.05) is 167 Å². The summed E-state index contributed by atoms with van der Waals surface area (Å²) in [7, 11) is -4.82. The van der Waals surface area contributed by atoms with Gasteiger partial charge < -0.3 is 29.5 Å². The molecule has 0 amide bonds. The van der Waals surface area contributed by atoms with E-state index in [-0.39, 0.29) is 37.6 Å². The fraction of sp³-hybridized carbons (Fsp3) is 0.851. The molecule has 0 radical (unpaired) electrons. The smallest absolute Gasteiger partial charge is 0.462 e. The van der Waals surface area contributed by atoms with Crippen molar-refractivity contribution in [3.63, 3.8) is 0 Å². The van der Waals surface area contributed by atoms with Crippen molar-refractivity contribution in [2.24, 2.45) is 11.8 Å². The minimum atomic E-state index is -4.82. The Bertz CT molecular complexity index is 1170. The molecule has 344 valence electrons. The number of hydrogen-bond acceptors (Lipinski definition) is 9. The molecular weight excluding hydrogens is 771 g/mol. The Kier molecular flexibility index (Phi) is 34.3. The van der Waals surface area contributed by atoms with Crippen LogP contribution in [0, 0.1) is 11.8 Å². The van der Waals surface area contributed by atoms with E-state index < -0.39 is 50.6 Å². The maximum Gasteiger partial charge on any atom is 0.469 e. The third kappa shape index (κ3) is 32.5. The largest absolute Gasteiger partial charge is 0.469 e. The van der Waals surface area contributed by atoms with Gasteiger partial charge in [0.05, 0.1) is 18.8 Å². The van der Waals surface area contributed by atoms with Crippen LogP contribution in [0.1, 0.15) is 213 Å². The summed E-state index contributed by atoms with van der Waals surface area (Å²) in [6, 6.07) is 0. The minimum Gasteiger partial charge on any atom is -0.462 e. The van der Waals surface area contributed by atoms with Crippen LogP contribution >= 0.6 is 7.82 Å². The standard InChI is InChI=1S/C47H85O11P/c1-3-5-7-8-9-10-11-12-13-14-15-16-17-18-19-20-21-22-23-24-29-33-46(51)56-38-41(39-57-59(53,54)55)58-47(52)34-30-26-25-28-32-42-43(45(50)37-44(42)49)36-35-40(48)31-27-6-4-2/h12-13,35-36,40-44,48-49H,3-11,14-34,37-39H2,1-2H3,(H2,53,54,55)/b13-12-,36-35+/t40-,41+,42+,43+,44-/m0/s1. The number of phosphoric ester groups is 1. The van der Waals surface area contributed by atoms with Crippen LogP contribution < -0.4 is 0 Å². The van der Waals surface area contributed by atoms with Crippen LogP contribution in [0.25, 0.3) is 0 Å². The summed E-state index contributed by atoms with van der Waals surface area (Å²) < 4.78 is 26.5. The molecule has 1 aliphatic carbocycles. The summed E-state index contributed by atoms with van der Waals surface area (Å²) in [6.45, 7) is 3.41. The van der Waals surface area contributed by atoms with Crippen LogP contribution in [-0.2, 0) is 32.9 Å². The highest BCUT2D eigenvalue weighted by Crippen LogP contribution is 2.36. The van der Waals surface area contributed by atoms with Gasteiger partial charge in [0.1, 0.15) is 12.4 Å². The first kappa shape index (κ1) is 55.1. The number of unbranched alkanes of at least 4 members (excludes halogenated alkanes) is 22. The number of esters is 2. The number of hydrogen-bond donors (Lipinski definition) is 4. The van der Waals surface area contributed by atoms with Gasteiger partial charge >= 0.3 is 19.8 Å². The molecule has 0 unspecified atom stereocenters. The second-order valence-electron chi connectivity index (χ2n) is 16.9. The van der Waals surface area contributed by atoms with Gasteiger partial charge in [0.15, 0.2) is 6.10 Å². The molecule has 1 rings (SSSR count). The summed E-state index contributed by atoms with van der Waals surface area (Å²) in [5, 5.41) is 20.7. The Morgan fingerprint density at radius 1 is 0.695 bits per heavy atom. The normalized spacial score (nSPS) is 18.3. The number of Topliss-reactive ketones (excluding diaryl/α,β-unsaturated/α-hetero) is 1. The van der Waals surface area contributed by atoms with E-state index in [9.17, 15) is 29.2 Å². The zero-order chi connectivity index (χ0) is 43.4. The summed E-state index contributed by atoms with van der Waals surface area (Å²) >= 11 is 0. The molecule has 4 N–H and O–H groups in total. The van der Waals surface area contributed by atoms with Crippen LogP contribution in [-0.4, -0.2) is 69.2 Å². The van der Waals surface area contributed by atoms with E-state index in [0.29, 0.717) is 32.1 Å². The zero-order valence-corrected chi connectivity index (χ0v) is 38.0. The Labute approximate surface area is 358 Å². The van der Waals surface area contributed by atoms with Crippen molar-refractivity contribution in [1.82, 2.24) is 0 Å². The lowest BCUT2D eigenvalue weighted by molar-refractivity contribution is -0.161. The zero-order valence-electron chi connectivity index (χ0n) is 37.1. The number of carbonyl (C=O) groups excluding carboxylic acids is 3. The Morgan fingerprint density at radius 3 is 1.75 bits per heavy atom. The molecule has 1 saturated carbocycles. The molecule has 0 heterocycles. The molecular formula is C47H85O11P. The van der Waals surface area contributed by atoms with Crippen molar-refractivity contribution in [2.45, 2.75) is 231 Å². The van der Waals surface area contributed by atoms with E-state index >= 15 is 0 Å². The lowest BCUT2D eigenvalue weighted by atomic mass is 9.88. The van der Waals surface area contributed by atoms with E-state index in [0.717, 1.165) is 51.4 Å². The Balaban J connectivity index is 2.17. The topological polar surface area (TPSA) is 177 Å². The molecule has 0 aliphatic heterocycles. The molecule has 12 heteroatoms. The number of phosphoric acid groups is 1. The van der Waals surface area contributed by atoms with Crippen LogP contribution in [0.3, 0.4) is 0 Å². The quantitative estimate of drug-likeness (QED) is 0.0200. The first-order valence-electron chi connectivity index (χ1n) is 23.7. The van der Waals surface area contributed by atoms with Gasteiger partial charge in [0, 0.05) is 25.2 Å². The number of rotatable bonds is 40. The van der Waals surface area contributed by atoms with Crippen LogP contribution in [0.4, 0.5) is 0 Å². The van der Waals surface area contributed by atoms with Gasteiger partial charge in [-0.2, -0.15) is 0 Å². The summed E-state index contributed by atoms with van der Waals surface area (Å²) in [5.41, 5.74) is 0. The van der Waals surface area contributed by atoms with E-state index in [1.807, 2.05) is 0 Å². The van der Waals surface area contributed by atoms with Gasteiger partial charge in [0.2, 0.25) is 0 Å². The van der Waals surface area contributed by atoms with E-state index in [4.69, 9.17) is 19.3 Å². The van der Waals surface area contributed by atoms with Gasteiger partial charge in [-0.25, -0.2) is 4.57 Å². The molecule has 59 heavy (non-hydrogen) atoms. The van der Waals surface area contributed by atoms with Gasteiger partial charge in [-0.15, -0.1) is 0 Å². The predicted molar refractivity (Wildman–Crippen MR) is 236 cm³/mol. The third-order valence-corrected chi connectivity index (χ3v) is 11.8. The van der Waals surface area contributed by atoms with Crippen LogP contribution in [0.5, 0.6) is 0 Å². The summed E-state index contributed by atoms with van der Waals surface area (Å²) in [4.78, 5) is 55.7. The average Bonchev–Trinajstić information content (AvgIpc) is 3.47. The third-order valence-electron chi connectivity index (χ3n) is 11.3. The van der Waals surface area contributed by atoms with Gasteiger partial charge in [-0.3, -0.25) is 18.9 Å². The van der Waals surface area contributed by atoms with Crippen molar-refractivity contribution in [3.8, 4) is 0 Å². The molecule has 11 nitrogen and oxygen atoms in total. The molecule has 0 saturated heterocycles. The second-order valence-corrected chi connectivity index (χ2v) is 18.1. The van der Waals surface area contributed by atoms with Crippen molar-refractivity contribution >= 4 is 25.5 Å². The fourth-order valence-electron chi connectivity index (χ4n) is 7.74. The maximum absolute atomic E-state index is 12.6. The molecule has 0 bridgehead atoms. The molecule has 5 atom stereocenters. The first-order chi connectivity index (χ1) is 28.5. The lowest BCUT2D eigenvalue weighted by Gasteiger charge is -2.19. The maximum atomic E-state index is 12.6. The number of aliphatic hydroxyl groups excluding tert-OH is 2. The van der Waals surface area contributed by atoms with Crippen molar-refractivity contribution in [2.75, 3.05) is 13.2 Å². The van der Waals surface area contributed by atoms with E-state index in [2.05, 4.69) is 30.5 Å². The lowest BCUT2D eigenvalue weighted by Crippen LogP contribution is -2.29. The van der Waals surface area contributed by atoms with Crippen molar-refractivity contribution < 1.29 is 52.9 Å². The SMILES string of the molecule is CCCCCCCC/C=C\CCCCCCCCCCCCCC(=O)OC[C@H](COP(=O)(O)O)OC(=O)CCCCCC[C@H]1[C@@H](O)CC(=O)[C@@H]1/C=C/[C@@H](O)CCCCC. The minimum absolute atomic E-state index is 0.00462. The number of allylic oxidation sites excluding steroid dienone is 3. The van der Waals surface area contributed by atoms with Crippen LogP contribution in [0.2, 0.25) is 0 Å². The molecule has 0 aromatic carbocycles. The first-order valence-corrected chi connectivity index (χ1v) is 25.3. The number of ether oxygens (including phenoxy) is 2. The molecule has 1 aliphatic rings. The second kappa shape index (κ2) is 36.7. The van der Waals surface area contributed by atoms with Crippen molar-refractivity contribution in [1.29, 1.82) is 0 Å². The summed E-state index contributed by atoms with van der Waals surface area (Å²) in [6.07, 6.45) is 36.6. The highest BCUT2D eigenvalue weighted by Gasteiger charge is 2.39. The fourth-order valence-corrected chi connectivity index (χ4v) is 8.10. The predicted octanol–water partition coefficient (Wildman–Crippen LogP) is 11.3. The highest BCUT2D eigenvalue weighted by molar-refractivity contribution is 7.46. The Hall–Kier alpha value is -1.88. The number of aliphatic hydroxyl groups is 2. The van der Waals surface area contributed by atoms with E-state index in [1.54, 1.807) is 12.2 Å². The summed E-state index contributed by atoms with van der Waals surface area (Å²) in [5.74, 6) is -1.63. The van der Waals surface area contributed by atoms with Gasteiger partial charge in [0.25, 0.3) is 0 Å². The molecule has 1 fully saturated rings. The van der Waals surface area contributed by atoms with Gasteiger partial charge in [-0.05, 0) is 57.3 Å². The number of carbonyl (C=O) groups is 3. The molecule has 0 aromatic heterocycles.